The number of unbranched alkanes of at least 4 members (excludes halogenated alkanes) is 3. The Morgan fingerprint density at radius 1 is 1.24 bits per heavy atom. The number of hydrogen-bond donors (Lipinski definition) is 1. The van der Waals surface area contributed by atoms with Gasteiger partial charge in [-0.25, -0.2) is 0 Å². The van der Waals surface area contributed by atoms with Gasteiger partial charge in [0.15, 0.2) is 0 Å². The van der Waals surface area contributed by atoms with Crippen molar-refractivity contribution >= 4 is 0 Å². The molecule has 1 saturated heterocycles. The van der Waals surface area contributed by atoms with Crippen molar-refractivity contribution < 1.29 is 4.74 Å². The van der Waals surface area contributed by atoms with Gasteiger partial charge in [-0.05, 0) is 32.6 Å². The predicted molar refractivity (Wildman–Crippen MR) is 74.4 cm³/mol. The van der Waals surface area contributed by atoms with E-state index in [4.69, 9.17) is 4.74 Å². The van der Waals surface area contributed by atoms with E-state index >= 15 is 0 Å². The fraction of sp³-hybridized carbons (Fsp3) is 1.00. The fourth-order valence-electron chi connectivity index (χ4n) is 2.64. The first kappa shape index (κ1) is 15.0. The molecule has 17 heavy (non-hydrogen) atoms. The minimum Gasteiger partial charge on any atom is -0.380 e. The van der Waals surface area contributed by atoms with E-state index in [1.807, 2.05) is 0 Å². The molecule has 0 aliphatic carbocycles. The Balaban J connectivity index is 2.27. The summed E-state index contributed by atoms with van der Waals surface area (Å²) in [4.78, 5) is 0. The minimum absolute atomic E-state index is 0.319. The number of rotatable bonds is 8. The highest BCUT2D eigenvalue weighted by Crippen LogP contribution is 2.21. The molecule has 102 valence electrons. The van der Waals surface area contributed by atoms with Crippen LogP contribution in [0.4, 0.5) is 0 Å². The van der Waals surface area contributed by atoms with Crippen molar-refractivity contribution in [2.75, 3.05) is 13.2 Å². The van der Waals surface area contributed by atoms with Crippen LogP contribution in [0.2, 0.25) is 0 Å². The average molecular weight is 241 g/mol. The summed E-state index contributed by atoms with van der Waals surface area (Å²) in [6.07, 6.45) is 10.5. The van der Waals surface area contributed by atoms with Crippen LogP contribution in [0.5, 0.6) is 0 Å². The number of hydrogen-bond acceptors (Lipinski definition) is 2. The topological polar surface area (TPSA) is 21.3 Å². The van der Waals surface area contributed by atoms with E-state index in [-0.39, 0.29) is 0 Å². The van der Waals surface area contributed by atoms with Gasteiger partial charge in [0.05, 0.1) is 6.61 Å². The fourth-order valence-corrected chi connectivity index (χ4v) is 2.64. The van der Waals surface area contributed by atoms with E-state index < -0.39 is 0 Å². The smallest absolute Gasteiger partial charge is 0.0619 e. The third-order valence-electron chi connectivity index (χ3n) is 4.08. The van der Waals surface area contributed by atoms with Crippen LogP contribution < -0.4 is 5.32 Å². The molecule has 1 aliphatic rings. The van der Waals surface area contributed by atoms with Gasteiger partial charge in [0.2, 0.25) is 0 Å². The summed E-state index contributed by atoms with van der Waals surface area (Å²) in [7, 11) is 0. The second-order valence-corrected chi connectivity index (χ2v) is 5.78. The molecule has 0 aromatic heterocycles. The molecule has 0 radical (unpaired) electrons. The molecular formula is C15H31NO. The highest BCUT2D eigenvalue weighted by atomic mass is 16.5. The lowest BCUT2D eigenvalue weighted by molar-refractivity contribution is 0.0568. The van der Waals surface area contributed by atoms with Crippen molar-refractivity contribution in [2.24, 2.45) is 0 Å². The van der Waals surface area contributed by atoms with Crippen molar-refractivity contribution in [2.45, 2.75) is 83.7 Å². The lowest BCUT2D eigenvalue weighted by Crippen LogP contribution is -2.50. The number of nitrogens with one attached hydrogen (secondary N) is 1. The zero-order valence-electron chi connectivity index (χ0n) is 12.1. The Morgan fingerprint density at radius 3 is 2.65 bits per heavy atom. The minimum atomic E-state index is 0.319. The summed E-state index contributed by atoms with van der Waals surface area (Å²) in [6.45, 7) is 8.82. The van der Waals surface area contributed by atoms with E-state index in [2.05, 4.69) is 26.1 Å². The summed E-state index contributed by atoms with van der Waals surface area (Å²) in [5, 5.41) is 3.83. The zero-order chi connectivity index (χ0) is 12.6. The number of ether oxygens (including phenoxy) is 1. The maximum atomic E-state index is 5.55. The molecule has 1 aliphatic heterocycles. The van der Waals surface area contributed by atoms with Crippen LogP contribution in [-0.4, -0.2) is 24.8 Å². The molecule has 0 aromatic carbocycles. The van der Waals surface area contributed by atoms with Crippen molar-refractivity contribution in [3.63, 3.8) is 0 Å². The summed E-state index contributed by atoms with van der Waals surface area (Å²) < 4.78 is 5.55. The predicted octanol–water partition coefficient (Wildman–Crippen LogP) is 3.89. The van der Waals surface area contributed by atoms with Gasteiger partial charge in [0, 0.05) is 18.2 Å². The largest absolute Gasteiger partial charge is 0.380 e. The molecule has 1 rings (SSSR count). The van der Waals surface area contributed by atoms with Gasteiger partial charge in [0.1, 0.15) is 0 Å². The highest BCUT2D eigenvalue weighted by Gasteiger charge is 2.26. The molecule has 0 saturated carbocycles. The second-order valence-electron chi connectivity index (χ2n) is 5.78. The average Bonchev–Trinajstić information content (AvgIpc) is 2.36. The molecule has 0 aromatic rings. The quantitative estimate of drug-likeness (QED) is 0.651. The second kappa shape index (κ2) is 8.10. The van der Waals surface area contributed by atoms with Crippen LogP contribution in [0.3, 0.4) is 0 Å². The normalized spacial score (nSPS) is 24.5. The van der Waals surface area contributed by atoms with E-state index in [9.17, 15) is 0 Å². The summed E-state index contributed by atoms with van der Waals surface area (Å²) in [6, 6.07) is 0.583. The molecule has 2 nitrogen and oxygen atoms in total. The van der Waals surface area contributed by atoms with E-state index in [1.54, 1.807) is 0 Å². The van der Waals surface area contributed by atoms with E-state index in [0.717, 1.165) is 13.2 Å². The van der Waals surface area contributed by atoms with Gasteiger partial charge in [-0.2, -0.15) is 0 Å². The Labute approximate surface area is 108 Å². The lowest BCUT2D eigenvalue weighted by Gasteiger charge is -2.36. The molecular weight excluding hydrogens is 210 g/mol. The molecule has 0 spiro atoms. The van der Waals surface area contributed by atoms with Gasteiger partial charge in [-0.1, -0.05) is 39.5 Å². The first-order valence-corrected chi connectivity index (χ1v) is 7.55. The third-order valence-corrected chi connectivity index (χ3v) is 4.08. The summed E-state index contributed by atoms with van der Waals surface area (Å²) in [5.41, 5.74) is 0.319. The molecule has 0 bridgehead atoms. The Morgan fingerprint density at radius 2 is 2.06 bits per heavy atom. The maximum absolute atomic E-state index is 5.55. The van der Waals surface area contributed by atoms with Gasteiger partial charge < -0.3 is 10.1 Å². The zero-order valence-corrected chi connectivity index (χ0v) is 12.1. The molecule has 1 heterocycles. The first-order valence-electron chi connectivity index (χ1n) is 7.55. The maximum Gasteiger partial charge on any atom is 0.0619 e. The van der Waals surface area contributed by atoms with Crippen LogP contribution in [-0.2, 0) is 4.74 Å². The Bertz CT molecular complexity index is 189. The summed E-state index contributed by atoms with van der Waals surface area (Å²) in [5.74, 6) is 0. The van der Waals surface area contributed by atoms with Crippen LogP contribution in [0.15, 0.2) is 0 Å². The van der Waals surface area contributed by atoms with Gasteiger partial charge >= 0.3 is 0 Å². The van der Waals surface area contributed by atoms with Crippen LogP contribution in [0.25, 0.3) is 0 Å². The van der Waals surface area contributed by atoms with Gasteiger partial charge in [-0.15, -0.1) is 0 Å². The van der Waals surface area contributed by atoms with Crippen LogP contribution >= 0.6 is 0 Å². The SMILES string of the molecule is CCCCCCC(C)(CC)NC1CCCOC1. The van der Waals surface area contributed by atoms with Crippen molar-refractivity contribution in [1.29, 1.82) is 0 Å². The van der Waals surface area contributed by atoms with E-state index in [0.29, 0.717) is 11.6 Å². The van der Waals surface area contributed by atoms with Crippen molar-refractivity contribution in [1.82, 2.24) is 5.32 Å². The summed E-state index contributed by atoms with van der Waals surface area (Å²) >= 11 is 0. The standard InChI is InChI=1S/C15H31NO/c1-4-6-7-8-11-15(3,5-2)16-14-10-9-12-17-13-14/h14,16H,4-13H2,1-3H3. The monoisotopic (exact) mass is 241 g/mol. The van der Waals surface area contributed by atoms with Crippen LogP contribution in [0, 0.1) is 0 Å². The van der Waals surface area contributed by atoms with Gasteiger partial charge in [-0.3, -0.25) is 0 Å². The Hall–Kier alpha value is -0.0800. The first-order chi connectivity index (χ1) is 8.20. The molecule has 1 N–H and O–H groups in total. The molecule has 2 atom stereocenters. The highest BCUT2D eigenvalue weighted by molar-refractivity contribution is 4.86. The third kappa shape index (κ3) is 5.87. The van der Waals surface area contributed by atoms with Crippen molar-refractivity contribution in [3.8, 4) is 0 Å². The molecule has 1 fully saturated rings. The molecule has 0 amide bonds. The lowest BCUT2D eigenvalue weighted by atomic mass is 9.89. The molecule has 2 heteroatoms. The Kier molecular flexibility index (Phi) is 7.14. The molecule has 2 unspecified atom stereocenters. The van der Waals surface area contributed by atoms with Crippen molar-refractivity contribution in [3.05, 3.63) is 0 Å². The van der Waals surface area contributed by atoms with Crippen LogP contribution in [0.1, 0.15) is 72.1 Å². The van der Waals surface area contributed by atoms with Gasteiger partial charge in [0.25, 0.3) is 0 Å². The van der Waals surface area contributed by atoms with E-state index in [1.165, 1.54) is 51.4 Å².